The molecule has 6 nitrogen and oxygen atoms in total. The van der Waals surface area contributed by atoms with Crippen molar-refractivity contribution in [3.8, 4) is 0 Å². The largest absolute Gasteiger partial charge is 0.350 e. The summed E-state index contributed by atoms with van der Waals surface area (Å²) in [6, 6.07) is 20.4. The van der Waals surface area contributed by atoms with Gasteiger partial charge in [0.2, 0.25) is 5.91 Å². The summed E-state index contributed by atoms with van der Waals surface area (Å²) in [5.74, 6) is -0.705. The molecule has 0 spiro atoms. The summed E-state index contributed by atoms with van der Waals surface area (Å²) in [6.07, 6.45) is 4.01. The molecule has 0 radical (unpaired) electrons. The number of imide groups is 1. The fourth-order valence-corrected chi connectivity index (χ4v) is 5.93. The number of benzene rings is 3. The van der Waals surface area contributed by atoms with Crippen molar-refractivity contribution < 1.29 is 14.4 Å². The second-order valence-electron chi connectivity index (χ2n) is 9.65. The number of carbonyl (C=O) groups is 3. The maximum atomic E-state index is 13.7. The third kappa shape index (κ3) is 5.56. The smallest absolute Gasteiger partial charge is 0.283 e. The standard InChI is InChI=1S/C30H28BrN3O3S/c1-18-10-15-24(16-19(18)2)34-29(36)26(32-22-13-11-21(31)12-14-22)27(30(34)37)38-25-9-5-8-23(17-25)33-28(35)20-6-3-4-7-20/h5,8-17,20,32H,3-4,6-7H2,1-2H3,(H,33,35). The van der Waals surface area contributed by atoms with Gasteiger partial charge in [0.25, 0.3) is 11.8 Å². The van der Waals surface area contributed by atoms with Crippen LogP contribution < -0.4 is 15.5 Å². The number of nitrogens with one attached hydrogen (secondary N) is 2. The summed E-state index contributed by atoms with van der Waals surface area (Å²) in [5, 5.41) is 6.21. The summed E-state index contributed by atoms with van der Waals surface area (Å²) in [4.78, 5) is 42.3. The Morgan fingerprint density at radius 1 is 0.895 bits per heavy atom. The molecule has 0 atom stereocenters. The Kier molecular flexibility index (Phi) is 7.72. The van der Waals surface area contributed by atoms with Crippen molar-refractivity contribution in [3.63, 3.8) is 0 Å². The fraction of sp³-hybridized carbons (Fsp3) is 0.233. The minimum atomic E-state index is -0.408. The van der Waals surface area contributed by atoms with E-state index in [9.17, 15) is 14.4 Å². The van der Waals surface area contributed by atoms with E-state index in [1.807, 2.05) is 74.5 Å². The Morgan fingerprint density at radius 3 is 2.34 bits per heavy atom. The average molecular weight is 591 g/mol. The number of halogens is 1. The SMILES string of the molecule is Cc1ccc(N2C(=O)C(Nc3ccc(Br)cc3)=C(Sc3cccc(NC(=O)C4CCCC4)c3)C2=O)cc1C. The minimum absolute atomic E-state index is 0.0366. The number of hydrogen-bond donors (Lipinski definition) is 2. The molecule has 2 aliphatic rings. The quantitative estimate of drug-likeness (QED) is 0.285. The van der Waals surface area contributed by atoms with Crippen LogP contribution in [0.1, 0.15) is 36.8 Å². The van der Waals surface area contributed by atoms with Crippen LogP contribution in [0.4, 0.5) is 17.1 Å². The van der Waals surface area contributed by atoms with Gasteiger partial charge in [0.1, 0.15) is 10.6 Å². The van der Waals surface area contributed by atoms with E-state index in [4.69, 9.17) is 0 Å². The highest BCUT2D eigenvalue weighted by molar-refractivity contribution is 9.10. The Hall–Kier alpha value is -3.36. The first kappa shape index (κ1) is 26.3. The predicted octanol–water partition coefficient (Wildman–Crippen LogP) is 7.18. The van der Waals surface area contributed by atoms with Crippen LogP contribution in [0.15, 0.2) is 86.7 Å². The van der Waals surface area contributed by atoms with Crippen molar-refractivity contribution in [2.24, 2.45) is 5.92 Å². The van der Waals surface area contributed by atoms with E-state index in [1.165, 1.54) is 16.7 Å². The van der Waals surface area contributed by atoms with Crippen LogP contribution in [-0.2, 0) is 14.4 Å². The molecule has 0 unspecified atom stereocenters. The molecule has 194 valence electrons. The zero-order chi connectivity index (χ0) is 26.8. The summed E-state index contributed by atoms with van der Waals surface area (Å²) in [7, 11) is 0. The monoisotopic (exact) mass is 589 g/mol. The normalized spacial score (nSPS) is 15.9. The van der Waals surface area contributed by atoms with E-state index in [0.717, 1.165) is 46.2 Å². The molecule has 0 bridgehead atoms. The third-order valence-corrected chi connectivity index (χ3v) is 8.55. The summed E-state index contributed by atoms with van der Waals surface area (Å²) >= 11 is 4.65. The molecule has 0 aromatic heterocycles. The van der Waals surface area contributed by atoms with Crippen molar-refractivity contribution in [2.75, 3.05) is 15.5 Å². The van der Waals surface area contributed by atoms with Gasteiger partial charge in [0.05, 0.1) is 5.69 Å². The molecule has 3 aromatic carbocycles. The lowest BCUT2D eigenvalue weighted by Crippen LogP contribution is -2.32. The van der Waals surface area contributed by atoms with Gasteiger partial charge in [-0.1, -0.05) is 52.7 Å². The van der Waals surface area contributed by atoms with Crippen LogP contribution in [-0.4, -0.2) is 17.7 Å². The predicted molar refractivity (Wildman–Crippen MR) is 156 cm³/mol. The molecule has 1 aliphatic heterocycles. The zero-order valence-corrected chi connectivity index (χ0v) is 23.6. The molecule has 1 saturated carbocycles. The van der Waals surface area contributed by atoms with Crippen LogP contribution in [0.5, 0.6) is 0 Å². The van der Waals surface area contributed by atoms with Crippen LogP contribution >= 0.6 is 27.7 Å². The number of carbonyl (C=O) groups excluding carboxylic acids is 3. The second kappa shape index (κ2) is 11.2. The molecule has 1 aliphatic carbocycles. The van der Waals surface area contributed by atoms with Crippen molar-refractivity contribution in [1.82, 2.24) is 0 Å². The van der Waals surface area contributed by atoms with Crippen molar-refractivity contribution in [3.05, 3.63) is 92.9 Å². The van der Waals surface area contributed by atoms with Gasteiger partial charge in [-0.2, -0.15) is 0 Å². The number of anilines is 3. The van der Waals surface area contributed by atoms with Crippen LogP contribution in [0.25, 0.3) is 0 Å². The average Bonchev–Trinajstić information content (AvgIpc) is 3.51. The highest BCUT2D eigenvalue weighted by Gasteiger charge is 2.40. The van der Waals surface area contributed by atoms with Crippen LogP contribution in [0.2, 0.25) is 0 Å². The Labute approximate surface area is 235 Å². The molecule has 1 fully saturated rings. The molecule has 8 heteroatoms. The van der Waals surface area contributed by atoms with Crippen LogP contribution in [0, 0.1) is 19.8 Å². The summed E-state index contributed by atoms with van der Waals surface area (Å²) in [5.41, 5.74) is 4.21. The maximum Gasteiger partial charge on any atom is 0.283 e. The van der Waals surface area contributed by atoms with Gasteiger partial charge in [-0.15, -0.1) is 0 Å². The molecule has 38 heavy (non-hydrogen) atoms. The Bertz CT molecular complexity index is 1450. The van der Waals surface area contributed by atoms with Gasteiger partial charge in [0.15, 0.2) is 0 Å². The van der Waals surface area contributed by atoms with Crippen molar-refractivity contribution in [2.45, 2.75) is 44.4 Å². The highest BCUT2D eigenvalue weighted by atomic mass is 79.9. The first-order valence-electron chi connectivity index (χ1n) is 12.6. The number of amides is 3. The van der Waals surface area contributed by atoms with Gasteiger partial charge in [0, 0.05) is 26.7 Å². The fourth-order valence-electron chi connectivity index (χ4n) is 4.68. The van der Waals surface area contributed by atoms with E-state index in [0.29, 0.717) is 22.0 Å². The van der Waals surface area contributed by atoms with Gasteiger partial charge in [-0.3, -0.25) is 14.4 Å². The van der Waals surface area contributed by atoms with E-state index < -0.39 is 5.91 Å². The Balaban J connectivity index is 1.46. The van der Waals surface area contributed by atoms with Crippen molar-refractivity contribution >= 4 is 62.5 Å². The van der Waals surface area contributed by atoms with Crippen LogP contribution in [0.3, 0.4) is 0 Å². The highest BCUT2D eigenvalue weighted by Crippen LogP contribution is 2.39. The molecule has 3 aromatic rings. The number of thioether (sulfide) groups is 1. The minimum Gasteiger partial charge on any atom is -0.350 e. The second-order valence-corrected chi connectivity index (χ2v) is 11.7. The number of aryl methyl sites for hydroxylation is 2. The maximum absolute atomic E-state index is 13.7. The summed E-state index contributed by atoms with van der Waals surface area (Å²) < 4.78 is 0.911. The number of nitrogens with zero attached hydrogens (tertiary/aromatic N) is 1. The molecule has 2 N–H and O–H groups in total. The van der Waals surface area contributed by atoms with E-state index in [1.54, 1.807) is 6.07 Å². The van der Waals surface area contributed by atoms with Gasteiger partial charge in [-0.25, -0.2) is 4.90 Å². The molecular weight excluding hydrogens is 562 g/mol. The third-order valence-electron chi connectivity index (χ3n) is 6.95. The molecular formula is C30H28BrN3O3S. The number of hydrogen-bond acceptors (Lipinski definition) is 5. The number of rotatable bonds is 7. The topological polar surface area (TPSA) is 78.5 Å². The lowest BCUT2D eigenvalue weighted by molar-refractivity contribution is -0.121. The lowest BCUT2D eigenvalue weighted by Gasteiger charge is -2.16. The molecule has 1 heterocycles. The Morgan fingerprint density at radius 2 is 1.63 bits per heavy atom. The lowest BCUT2D eigenvalue weighted by atomic mass is 10.1. The first-order valence-corrected chi connectivity index (χ1v) is 14.2. The van der Waals surface area contributed by atoms with E-state index in [-0.39, 0.29) is 23.4 Å². The molecule has 0 saturated heterocycles. The van der Waals surface area contributed by atoms with Gasteiger partial charge >= 0.3 is 0 Å². The molecule has 5 rings (SSSR count). The van der Waals surface area contributed by atoms with E-state index >= 15 is 0 Å². The van der Waals surface area contributed by atoms with E-state index in [2.05, 4.69) is 26.6 Å². The first-order chi connectivity index (χ1) is 18.3. The van der Waals surface area contributed by atoms with Crippen molar-refractivity contribution in [1.29, 1.82) is 0 Å². The summed E-state index contributed by atoms with van der Waals surface area (Å²) in [6.45, 7) is 3.95. The zero-order valence-electron chi connectivity index (χ0n) is 21.2. The van der Waals surface area contributed by atoms with Gasteiger partial charge < -0.3 is 10.6 Å². The molecule has 3 amide bonds. The van der Waals surface area contributed by atoms with Gasteiger partial charge in [-0.05, 0) is 92.4 Å².